The van der Waals surface area contributed by atoms with Gasteiger partial charge < -0.3 is 4.90 Å². The molecule has 0 saturated heterocycles. The lowest BCUT2D eigenvalue weighted by atomic mass is 9.71. The molecule has 0 radical (unpaired) electrons. The Kier molecular flexibility index (Phi) is 4.62. The summed E-state index contributed by atoms with van der Waals surface area (Å²) in [4.78, 5) is 14.4. The maximum atomic E-state index is 13.1. The molecule has 1 aromatic rings. The van der Waals surface area contributed by atoms with Crippen LogP contribution in [0, 0.1) is 11.3 Å². The number of hydrogen-bond donors (Lipinski definition) is 1. The number of nitrogens with one attached hydrogen (secondary N) is 1. The summed E-state index contributed by atoms with van der Waals surface area (Å²) < 4.78 is 29.3. The Bertz CT molecular complexity index is 858. The monoisotopic (exact) mass is 390 g/mol. The van der Waals surface area contributed by atoms with Gasteiger partial charge in [0.05, 0.1) is 10.6 Å². The third kappa shape index (κ3) is 3.66. The van der Waals surface area contributed by atoms with Gasteiger partial charge in [-0.1, -0.05) is 20.8 Å². The van der Waals surface area contributed by atoms with Crippen LogP contribution in [0.25, 0.3) is 0 Å². The zero-order valence-electron chi connectivity index (χ0n) is 16.5. The molecule has 0 spiro atoms. The SMILES string of the molecule is C[C@H]1C[C@H](NS(=O)(=O)c2cc3c4c(c2)CCC(=O)N4CCC3)CC(C)(C)C1. The molecule has 3 aliphatic rings. The van der Waals surface area contributed by atoms with Gasteiger partial charge in [0.15, 0.2) is 0 Å². The van der Waals surface area contributed by atoms with Crippen molar-refractivity contribution in [2.24, 2.45) is 11.3 Å². The molecule has 1 amide bonds. The Balaban J connectivity index is 1.64. The normalized spacial score (nSPS) is 27.4. The molecule has 5 nitrogen and oxygen atoms in total. The van der Waals surface area contributed by atoms with E-state index in [1.807, 2.05) is 4.90 Å². The fourth-order valence-electron chi connectivity index (χ4n) is 5.50. The van der Waals surface area contributed by atoms with Crippen LogP contribution in [0.4, 0.5) is 5.69 Å². The van der Waals surface area contributed by atoms with Crippen molar-refractivity contribution in [1.29, 1.82) is 0 Å². The van der Waals surface area contributed by atoms with Crippen LogP contribution in [0.3, 0.4) is 0 Å². The topological polar surface area (TPSA) is 66.5 Å². The van der Waals surface area contributed by atoms with Crippen LogP contribution >= 0.6 is 0 Å². The summed E-state index contributed by atoms with van der Waals surface area (Å²) in [6, 6.07) is 3.58. The van der Waals surface area contributed by atoms with Gasteiger partial charge in [0.25, 0.3) is 0 Å². The summed E-state index contributed by atoms with van der Waals surface area (Å²) in [5.74, 6) is 0.682. The van der Waals surface area contributed by atoms with Crippen LogP contribution in [0.5, 0.6) is 0 Å². The van der Waals surface area contributed by atoms with Gasteiger partial charge in [-0.05, 0) is 73.1 Å². The summed E-state index contributed by atoms with van der Waals surface area (Å²) in [6.07, 6.45) is 5.73. The summed E-state index contributed by atoms with van der Waals surface area (Å²) in [7, 11) is -3.56. The van der Waals surface area contributed by atoms with Crippen LogP contribution in [0.2, 0.25) is 0 Å². The predicted octanol–water partition coefficient (Wildman–Crippen LogP) is 3.41. The molecule has 0 unspecified atom stereocenters. The van der Waals surface area contributed by atoms with E-state index in [0.29, 0.717) is 23.7 Å². The average Bonchev–Trinajstić information content (AvgIpc) is 2.55. The molecule has 1 aliphatic carbocycles. The maximum Gasteiger partial charge on any atom is 0.240 e. The molecule has 148 valence electrons. The van der Waals surface area contributed by atoms with Gasteiger partial charge >= 0.3 is 0 Å². The molecule has 2 aliphatic heterocycles. The predicted molar refractivity (Wildman–Crippen MR) is 106 cm³/mol. The van der Waals surface area contributed by atoms with Crippen molar-refractivity contribution < 1.29 is 13.2 Å². The number of carbonyl (C=O) groups is 1. The van der Waals surface area contributed by atoms with Crippen LogP contribution in [0.1, 0.15) is 64.0 Å². The minimum atomic E-state index is -3.56. The zero-order chi connectivity index (χ0) is 19.4. The van der Waals surface area contributed by atoms with Crippen molar-refractivity contribution in [3.8, 4) is 0 Å². The molecular weight excluding hydrogens is 360 g/mol. The van der Waals surface area contributed by atoms with E-state index in [2.05, 4.69) is 25.5 Å². The quantitative estimate of drug-likeness (QED) is 0.860. The van der Waals surface area contributed by atoms with Gasteiger partial charge in [-0.25, -0.2) is 13.1 Å². The van der Waals surface area contributed by atoms with E-state index in [9.17, 15) is 13.2 Å². The second-order valence-corrected chi connectivity index (χ2v) is 11.2. The lowest BCUT2D eigenvalue weighted by Gasteiger charge is -2.39. The van der Waals surface area contributed by atoms with Crippen molar-refractivity contribution in [2.45, 2.75) is 76.7 Å². The molecule has 1 N–H and O–H groups in total. The summed E-state index contributed by atoms with van der Waals surface area (Å²) in [5.41, 5.74) is 3.14. The molecule has 1 aromatic carbocycles. The van der Waals surface area contributed by atoms with Crippen LogP contribution < -0.4 is 9.62 Å². The molecule has 2 heterocycles. The highest BCUT2D eigenvalue weighted by molar-refractivity contribution is 7.89. The van der Waals surface area contributed by atoms with E-state index < -0.39 is 10.0 Å². The summed E-state index contributed by atoms with van der Waals surface area (Å²) in [6.45, 7) is 7.39. The lowest BCUT2D eigenvalue weighted by Crippen LogP contribution is -2.43. The van der Waals surface area contributed by atoms with E-state index in [-0.39, 0.29) is 17.4 Å². The second kappa shape index (κ2) is 6.59. The molecule has 2 atom stereocenters. The number of carbonyl (C=O) groups excluding carboxylic acids is 1. The van der Waals surface area contributed by atoms with E-state index >= 15 is 0 Å². The largest absolute Gasteiger partial charge is 0.312 e. The number of nitrogens with zero attached hydrogens (tertiary/aromatic N) is 1. The molecule has 0 bridgehead atoms. The van der Waals surface area contributed by atoms with Gasteiger partial charge in [-0.3, -0.25) is 4.79 Å². The van der Waals surface area contributed by atoms with Gasteiger partial charge in [0.1, 0.15) is 0 Å². The smallest absolute Gasteiger partial charge is 0.240 e. The fraction of sp³-hybridized carbons (Fsp3) is 0.667. The Morgan fingerprint density at radius 1 is 1.11 bits per heavy atom. The second-order valence-electron chi connectivity index (χ2n) is 9.47. The van der Waals surface area contributed by atoms with Crippen LogP contribution in [0.15, 0.2) is 17.0 Å². The number of amides is 1. The average molecular weight is 391 g/mol. The first-order chi connectivity index (χ1) is 12.6. The number of hydrogen-bond acceptors (Lipinski definition) is 3. The molecule has 27 heavy (non-hydrogen) atoms. The number of aryl methyl sites for hydroxylation is 2. The van der Waals surface area contributed by atoms with Crippen molar-refractivity contribution in [3.63, 3.8) is 0 Å². The summed E-state index contributed by atoms with van der Waals surface area (Å²) in [5, 5.41) is 0. The highest BCUT2D eigenvalue weighted by atomic mass is 32.2. The van der Waals surface area contributed by atoms with E-state index in [1.54, 1.807) is 12.1 Å². The number of benzene rings is 1. The lowest BCUT2D eigenvalue weighted by molar-refractivity contribution is -0.119. The third-order valence-corrected chi connectivity index (χ3v) is 7.77. The van der Waals surface area contributed by atoms with Gasteiger partial charge in [0.2, 0.25) is 15.9 Å². The first-order valence-electron chi connectivity index (χ1n) is 10.1. The fourth-order valence-corrected chi connectivity index (χ4v) is 6.85. The van der Waals surface area contributed by atoms with E-state index in [0.717, 1.165) is 55.5 Å². The molecule has 6 heteroatoms. The highest BCUT2D eigenvalue weighted by Crippen LogP contribution is 2.40. The minimum Gasteiger partial charge on any atom is -0.312 e. The van der Waals surface area contributed by atoms with Gasteiger partial charge in [-0.2, -0.15) is 0 Å². The standard InChI is InChI=1S/C21H30N2O3S/c1-14-9-17(13-21(2,3)12-14)22-27(25,26)18-10-15-5-4-8-23-19(24)7-6-16(11-18)20(15)23/h10-11,14,17,22H,4-9,12-13H2,1-3H3/t14-,17-/m0/s1. The Morgan fingerprint density at radius 3 is 2.52 bits per heavy atom. The number of rotatable bonds is 3. The molecule has 0 aromatic heterocycles. The van der Waals surface area contributed by atoms with Crippen molar-refractivity contribution >= 4 is 21.6 Å². The van der Waals surface area contributed by atoms with E-state index in [4.69, 9.17) is 0 Å². The van der Waals surface area contributed by atoms with E-state index in [1.165, 1.54) is 0 Å². The first kappa shape index (κ1) is 18.9. The number of sulfonamides is 1. The molecule has 1 fully saturated rings. The Morgan fingerprint density at radius 2 is 1.81 bits per heavy atom. The van der Waals surface area contributed by atoms with Crippen molar-refractivity contribution in [3.05, 3.63) is 23.3 Å². The highest BCUT2D eigenvalue weighted by Gasteiger charge is 2.35. The first-order valence-corrected chi connectivity index (χ1v) is 11.6. The minimum absolute atomic E-state index is 0.0146. The third-order valence-electron chi connectivity index (χ3n) is 6.27. The molecule has 4 rings (SSSR count). The van der Waals surface area contributed by atoms with Crippen molar-refractivity contribution in [2.75, 3.05) is 11.4 Å². The van der Waals surface area contributed by atoms with Gasteiger partial charge in [-0.15, -0.1) is 0 Å². The Hall–Kier alpha value is -1.40. The van der Waals surface area contributed by atoms with Crippen LogP contribution in [-0.4, -0.2) is 26.9 Å². The Labute approximate surface area is 162 Å². The molecule has 1 saturated carbocycles. The van der Waals surface area contributed by atoms with Gasteiger partial charge in [0, 0.05) is 19.0 Å². The molecular formula is C21H30N2O3S. The summed E-state index contributed by atoms with van der Waals surface area (Å²) >= 11 is 0. The maximum absolute atomic E-state index is 13.1. The zero-order valence-corrected chi connectivity index (χ0v) is 17.4. The van der Waals surface area contributed by atoms with Crippen LogP contribution in [-0.2, 0) is 27.7 Å². The van der Waals surface area contributed by atoms with Crippen molar-refractivity contribution in [1.82, 2.24) is 4.72 Å². The number of anilines is 1.